The highest BCUT2D eigenvalue weighted by Crippen LogP contribution is 2.33. The van der Waals surface area contributed by atoms with Crippen molar-refractivity contribution in [3.8, 4) is 11.3 Å². The first-order chi connectivity index (χ1) is 15.6. The molecule has 4 heterocycles. The van der Waals surface area contributed by atoms with E-state index >= 15 is 0 Å². The van der Waals surface area contributed by atoms with Crippen LogP contribution in [-0.2, 0) is 0 Å². The maximum atomic E-state index is 12.6. The number of nitrogens with zero attached hydrogens (tertiary/aromatic N) is 5. The van der Waals surface area contributed by atoms with E-state index in [9.17, 15) is 4.79 Å². The number of hydrogen-bond acceptors (Lipinski definition) is 7. The van der Waals surface area contributed by atoms with Gasteiger partial charge in [-0.3, -0.25) is 4.79 Å². The van der Waals surface area contributed by atoms with Crippen molar-refractivity contribution >= 4 is 41.0 Å². The number of rotatable bonds is 4. The van der Waals surface area contributed by atoms with Gasteiger partial charge in [-0.25, -0.2) is 19.6 Å². The molecule has 33 heavy (non-hydrogen) atoms. The van der Waals surface area contributed by atoms with E-state index in [1.165, 1.54) is 6.33 Å². The van der Waals surface area contributed by atoms with E-state index in [1.807, 2.05) is 35.9 Å². The zero-order valence-corrected chi connectivity index (χ0v) is 19.0. The van der Waals surface area contributed by atoms with Gasteiger partial charge >= 0.3 is 0 Å². The second-order valence-corrected chi connectivity index (χ2v) is 8.00. The molecule has 1 atom stereocenters. The number of hydrogen-bond donors (Lipinski definition) is 3. The van der Waals surface area contributed by atoms with Crippen LogP contribution < -0.4 is 16.4 Å². The highest BCUT2D eigenvalue weighted by molar-refractivity contribution is 6.04. The van der Waals surface area contributed by atoms with E-state index in [4.69, 9.17) is 10.8 Å². The minimum atomic E-state index is -0.221. The quantitative estimate of drug-likeness (QED) is 0.423. The van der Waals surface area contributed by atoms with Gasteiger partial charge in [0.15, 0.2) is 5.65 Å². The van der Waals surface area contributed by atoms with Gasteiger partial charge in [-0.15, -0.1) is 12.4 Å². The zero-order chi connectivity index (χ0) is 22.1. The smallest absolute Gasteiger partial charge is 0.256 e. The summed E-state index contributed by atoms with van der Waals surface area (Å²) < 4.78 is 1.96. The number of anilines is 2. The van der Waals surface area contributed by atoms with Gasteiger partial charge in [0.05, 0.1) is 11.4 Å². The molecule has 3 aromatic heterocycles. The highest BCUT2D eigenvalue weighted by Gasteiger charge is 2.23. The number of halogens is 1. The van der Waals surface area contributed by atoms with Crippen LogP contribution in [0.1, 0.15) is 34.8 Å². The van der Waals surface area contributed by atoms with Crippen molar-refractivity contribution in [1.82, 2.24) is 30.0 Å². The fraction of sp³-hybridized carbons (Fsp3) is 0.261. The summed E-state index contributed by atoms with van der Waals surface area (Å²) in [7, 11) is 0. The third-order valence-electron chi connectivity index (χ3n) is 5.71. The normalized spacial score (nSPS) is 15.7. The number of pyridine rings is 1. The van der Waals surface area contributed by atoms with E-state index in [0.29, 0.717) is 17.2 Å². The largest absolute Gasteiger partial charge is 0.383 e. The summed E-state index contributed by atoms with van der Waals surface area (Å²) in [5, 5.41) is 11.9. The number of carbonyl (C=O) groups excluding carboxylic acids is 1. The molecule has 0 aliphatic carbocycles. The molecule has 9 nitrogen and oxygen atoms in total. The van der Waals surface area contributed by atoms with Crippen LogP contribution in [0.4, 0.5) is 11.6 Å². The summed E-state index contributed by atoms with van der Waals surface area (Å²) in [6, 6.07) is 11.2. The predicted octanol–water partition coefficient (Wildman–Crippen LogP) is 3.38. The van der Waals surface area contributed by atoms with E-state index in [1.54, 1.807) is 18.3 Å². The Bertz CT molecular complexity index is 1280. The molecule has 5 rings (SSSR count). The van der Waals surface area contributed by atoms with Gasteiger partial charge in [0, 0.05) is 23.9 Å². The molecule has 170 valence electrons. The van der Waals surface area contributed by atoms with Gasteiger partial charge in [-0.1, -0.05) is 12.1 Å². The molecular weight excluding hydrogens is 440 g/mol. The molecule has 1 saturated heterocycles. The van der Waals surface area contributed by atoms with Crippen molar-refractivity contribution in [3.63, 3.8) is 0 Å². The summed E-state index contributed by atoms with van der Waals surface area (Å²) >= 11 is 0. The maximum Gasteiger partial charge on any atom is 0.256 e. The van der Waals surface area contributed by atoms with Crippen LogP contribution in [0.5, 0.6) is 0 Å². The van der Waals surface area contributed by atoms with Crippen LogP contribution in [0.15, 0.2) is 48.9 Å². The fourth-order valence-corrected chi connectivity index (χ4v) is 4.07. The summed E-state index contributed by atoms with van der Waals surface area (Å²) in [5.74, 6) is 0.698. The van der Waals surface area contributed by atoms with Gasteiger partial charge in [-0.05, 0) is 56.1 Å². The SMILES string of the molecule is Cc1ccnc(NC(=O)c2ccc(-c3nn([C@@H]4CCCNC4)c4ncnc(N)c34)cc2)c1.Cl. The number of nitrogen functional groups attached to an aromatic ring is 1. The Kier molecular flexibility index (Phi) is 6.52. The monoisotopic (exact) mass is 464 g/mol. The summed E-state index contributed by atoms with van der Waals surface area (Å²) in [6.45, 7) is 3.81. The average Bonchev–Trinajstić information content (AvgIpc) is 3.21. The van der Waals surface area contributed by atoms with Crippen LogP contribution in [0.2, 0.25) is 0 Å². The molecule has 0 unspecified atom stereocenters. The van der Waals surface area contributed by atoms with Crippen LogP contribution >= 0.6 is 12.4 Å². The lowest BCUT2D eigenvalue weighted by Gasteiger charge is -2.23. The Hall–Kier alpha value is -3.56. The molecule has 4 N–H and O–H groups in total. The minimum Gasteiger partial charge on any atom is -0.383 e. The van der Waals surface area contributed by atoms with E-state index in [2.05, 4.69) is 25.6 Å². The van der Waals surface area contributed by atoms with Crippen molar-refractivity contribution in [2.24, 2.45) is 0 Å². The molecule has 1 aromatic carbocycles. The van der Waals surface area contributed by atoms with Crippen LogP contribution in [0.25, 0.3) is 22.3 Å². The number of aromatic nitrogens is 5. The highest BCUT2D eigenvalue weighted by atomic mass is 35.5. The Morgan fingerprint density at radius 3 is 2.73 bits per heavy atom. The molecule has 0 spiro atoms. The second-order valence-electron chi connectivity index (χ2n) is 8.00. The molecule has 0 saturated carbocycles. The summed E-state index contributed by atoms with van der Waals surface area (Å²) in [4.78, 5) is 25.5. The number of nitrogens with one attached hydrogen (secondary N) is 2. The van der Waals surface area contributed by atoms with Crippen LogP contribution in [0.3, 0.4) is 0 Å². The number of fused-ring (bicyclic) bond motifs is 1. The number of aryl methyl sites for hydroxylation is 1. The lowest BCUT2D eigenvalue weighted by molar-refractivity contribution is 0.102. The molecule has 10 heteroatoms. The first kappa shape index (κ1) is 22.6. The molecule has 4 aromatic rings. The summed E-state index contributed by atoms with van der Waals surface area (Å²) in [6.07, 6.45) is 5.26. The molecule has 1 aliphatic heterocycles. The van der Waals surface area contributed by atoms with Gasteiger partial charge in [0.1, 0.15) is 23.7 Å². The maximum absolute atomic E-state index is 12.6. The first-order valence-electron chi connectivity index (χ1n) is 10.6. The van der Waals surface area contributed by atoms with Crippen molar-refractivity contribution in [3.05, 3.63) is 60.0 Å². The van der Waals surface area contributed by atoms with Crippen molar-refractivity contribution in [2.45, 2.75) is 25.8 Å². The molecule has 1 amide bonds. The van der Waals surface area contributed by atoms with Gasteiger partial charge < -0.3 is 16.4 Å². The number of amides is 1. The number of nitrogens with two attached hydrogens (primary N) is 1. The Labute approximate surface area is 197 Å². The van der Waals surface area contributed by atoms with Gasteiger partial charge in [0.25, 0.3) is 5.91 Å². The van der Waals surface area contributed by atoms with Crippen molar-refractivity contribution < 1.29 is 4.79 Å². The van der Waals surface area contributed by atoms with Crippen molar-refractivity contribution in [1.29, 1.82) is 0 Å². The third-order valence-corrected chi connectivity index (χ3v) is 5.71. The molecule has 1 fully saturated rings. The topological polar surface area (TPSA) is 124 Å². The Morgan fingerprint density at radius 2 is 2.00 bits per heavy atom. The van der Waals surface area contributed by atoms with E-state index in [-0.39, 0.29) is 24.4 Å². The number of piperidine rings is 1. The minimum absolute atomic E-state index is 0. The van der Waals surface area contributed by atoms with Crippen LogP contribution in [-0.4, -0.2) is 43.7 Å². The first-order valence-corrected chi connectivity index (χ1v) is 10.6. The number of benzene rings is 1. The molecule has 0 radical (unpaired) electrons. The van der Waals surface area contributed by atoms with E-state index in [0.717, 1.165) is 53.8 Å². The predicted molar refractivity (Wildman–Crippen MR) is 130 cm³/mol. The molecule has 1 aliphatic rings. The lowest BCUT2D eigenvalue weighted by Crippen LogP contribution is -2.32. The second kappa shape index (κ2) is 9.51. The average molecular weight is 465 g/mol. The summed E-state index contributed by atoms with van der Waals surface area (Å²) in [5.41, 5.74) is 10.1. The van der Waals surface area contributed by atoms with E-state index < -0.39 is 0 Å². The van der Waals surface area contributed by atoms with Crippen LogP contribution in [0, 0.1) is 6.92 Å². The standard InChI is InChI=1S/C23H24N8O.ClH/c1-14-8-10-26-18(11-14)29-23(32)16-6-4-15(5-7-16)20-19-21(24)27-13-28-22(19)31(30-20)17-3-2-9-25-12-17;/h4-8,10-11,13,17,25H,2-3,9,12H2,1H3,(H2,24,27,28)(H,26,29,32);1H/t17-;/m1./s1. The van der Waals surface area contributed by atoms with Gasteiger partial charge in [-0.2, -0.15) is 5.10 Å². The Morgan fingerprint density at radius 1 is 1.18 bits per heavy atom. The lowest BCUT2D eigenvalue weighted by atomic mass is 10.1. The molecule has 0 bridgehead atoms. The molecular formula is C23H25ClN8O. The van der Waals surface area contributed by atoms with Crippen molar-refractivity contribution in [2.75, 3.05) is 24.1 Å². The number of carbonyl (C=O) groups is 1. The van der Waals surface area contributed by atoms with Gasteiger partial charge in [0.2, 0.25) is 0 Å². The Balaban J connectivity index is 0.00000259. The fourth-order valence-electron chi connectivity index (χ4n) is 4.07. The zero-order valence-electron chi connectivity index (χ0n) is 18.2. The third kappa shape index (κ3) is 4.50.